The van der Waals surface area contributed by atoms with Crippen LogP contribution < -0.4 is 0 Å². The Hall–Kier alpha value is -2.29. The Balaban J connectivity index is 1.58. The largest absolute Gasteiger partial charge is 0.309 e. The molecule has 2 aromatic heterocycles. The van der Waals surface area contributed by atoms with Crippen LogP contribution in [0.5, 0.6) is 0 Å². The van der Waals surface area contributed by atoms with Crippen LogP contribution in [-0.4, -0.2) is 58.7 Å². The van der Waals surface area contributed by atoms with E-state index in [1.807, 2.05) is 18.2 Å². The summed E-state index contributed by atoms with van der Waals surface area (Å²) in [5, 5.41) is 0. The minimum atomic E-state index is -3.36. The number of benzene rings is 1. The first-order chi connectivity index (χ1) is 14.0. The van der Waals surface area contributed by atoms with E-state index >= 15 is 0 Å². The Morgan fingerprint density at radius 2 is 1.76 bits per heavy atom. The summed E-state index contributed by atoms with van der Waals surface area (Å²) in [6.45, 7) is 1.02. The predicted octanol–water partition coefficient (Wildman–Crippen LogP) is 2.66. The Bertz CT molecular complexity index is 1070. The molecule has 1 fully saturated rings. The van der Waals surface area contributed by atoms with Crippen LogP contribution in [0.4, 0.5) is 0 Å². The van der Waals surface area contributed by atoms with Crippen molar-refractivity contribution in [2.45, 2.75) is 31.7 Å². The van der Waals surface area contributed by atoms with Crippen molar-refractivity contribution >= 4 is 21.4 Å². The van der Waals surface area contributed by atoms with Crippen LogP contribution in [-0.2, 0) is 23.1 Å². The smallest absolute Gasteiger partial charge is 0.281 e. The van der Waals surface area contributed by atoms with Crippen LogP contribution in [0.15, 0.2) is 48.7 Å². The molecule has 0 radical (unpaired) electrons. The molecule has 3 heterocycles. The van der Waals surface area contributed by atoms with Gasteiger partial charge in [0.2, 0.25) is 0 Å². The highest BCUT2D eigenvalue weighted by Gasteiger charge is 2.31. The molecule has 0 N–H and O–H groups in total. The van der Waals surface area contributed by atoms with E-state index in [4.69, 9.17) is 4.98 Å². The van der Waals surface area contributed by atoms with Crippen LogP contribution in [0.3, 0.4) is 0 Å². The van der Waals surface area contributed by atoms with Crippen LogP contribution >= 0.6 is 0 Å². The molecule has 0 atom stereocenters. The summed E-state index contributed by atoms with van der Waals surface area (Å²) in [4.78, 5) is 9.45. The summed E-state index contributed by atoms with van der Waals surface area (Å²) in [5.41, 5.74) is 3.08. The molecule has 4 rings (SSSR count). The molecule has 29 heavy (non-hydrogen) atoms. The van der Waals surface area contributed by atoms with E-state index < -0.39 is 10.2 Å². The van der Waals surface area contributed by atoms with Gasteiger partial charge in [-0.3, -0.25) is 0 Å². The third-order valence-corrected chi connectivity index (χ3v) is 7.52. The quantitative estimate of drug-likeness (QED) is 0.623. The van der Waals surface area contributed by atoms with Crippen molar-refractivity contribution in [3.05, 3.63) is 60.0 Å². The predicted molar refractivity (Wildman–Crippen MR) is 114 cm³/mol. The zero-order valence-corrected chi connectivity index (χ0v) is 17.7. The third-order valence-electron chi connectivity index (χ3n) is 5.58. The van der Waals surface area contributed by atoms with Gasteiger partial charge in [-0.2, -0.15) is 17.0 Å². The number of hydrogen-bond acceptors (Lipinski definition) is 4. The van der Waals surface area contributed by atoms with Crippen LogP contribution in [0.1, 0.15) is 30.3 Å². The van der Waals surface area contributed by atoms with Gasteiger partial charge < -0.3 is 4.57 Å². The molecule has 1 aliphatic heterocycles. The van der Waals surface area contributed by atoms with Crippen molar-refractivity contribution in [2.24, 2.45) is 0 Å². The SMILES string of the molecule is CN(C)S(=O)(=O)N1CCC(n2c(CCc3ccccc3)nc3cccnc32)CC1. The van der Waals surface area contributed by atoms with Gasteiger partial charge in [0.05, 0.1) is 0 Å². The highest BCUT2D eigenvalue weighted by Crippen LogP contribution is 2.29. The first kappa shape index (κ1) is 20.0. The summed E-state index contributed by atoms with van der Waals surface area (Å²) in [6.07, 6.45) is 5.06. The van der Waals surface area contributed by atoms with Crippen LogP contribution in [0.2, 0.25) is 0 Å². The zero-order chi connectivity index (χ0) is 20.4. The summed E-state index contributed by atoms with van der Waals surface area (Å²) >= 11 is 0. The van der Waals surface area contributed by atoms with Gasteiger partial charge >= 0.3 is 0 Å². The molecule has 0 bridgehead atoms. The number of aromatic nitrogens is 3. The fourth-order valence-electron chi connectivity index (χ4n) is 4.00. The van der Waals surface area contributed by atoms with Crippen LogP contribution in [0, 0.1) is 0 Å². The molecule has 1 aliphatic rings. The molecule has 0 aliphatic carbocycles. The van der Waals surface area contributed by atoms with Gasteiger partial charge in [-0.15, -0.1) is 0 Å². The second-order valence-corrected chi connectivity index (χ2v) is 9.79. The molecule has 7 nitrogen and oxygen atoms in total. The lowest BCUT2D eigenvalue weighted by atomic mass is 10.1. The first-order valence-electron chi connectivity index (χ1n) is 10.00. The minimum Gasteiger partial charge on any atom is -0.309 e. The molecular weight excluding hydrogens is 386 g/mol. The third kappa shape index (κ3) is 4.05. The summed E-state index contributed by atoms with van der Waals surface area (Å²) in [5.74, 6) is 1.02. The number of piperidine rings is 1. The number of aryl methyl sites for hydroxylation is 2. The lowest BCUT2D eigenvalue weighted by molar-refractivity contribution is 0.262. The molecule has 1 saturated heterocycles. The van der Waals surface area contributed by atoms with Crippen molar-refractivity contribution in [1.82, 2.24) is 23.1 Å². The summed E-state index contributed by atoms with van der Waals surface area (Å²) < 4.78 is 30.0. The second kappa shape index (κ2) is 8.22. The Kier molecular flexibility index (Phi) is 5.67. The van der Waals surface area contributed by atoms with Gasteiger partial charge in [0, 0.05) is 45.8 Å². The topological polar surface area (TPSA) is 71.3 Å². The maximum absolute atomic E-state index is 12.4. The normalized spacial score (nSPS) is 16.7. The highest BCUT2D eigenvalue weighted by atomic mass is 32.2. The molecule has 0 saturated carbocycles. The molecule has 1 aromatic carbocycles. The van der Waals surface area contributed by atoms with E-state index in [1.54, 1.807) is 24.6 Å². The van der Waals surface area contributed by atoms with Gasteiger partial charge in [0.15, 0.2) is 5.65 Å². The minimum absolute atomic E-state index is 0.203. The number of nitrogens with zero attached hydrogens (tertiary/aromatic N) is 5. The zero-order valence-electron chi connectivity index (χ0n) is 16.9. The molecule has 0 amide bonds. The lowest BCUT2D eigenvalue weighted by Gasteiger charge is -2.34. The maximum atomic E-state index is 12.4. The number of hydrogen-bond donors (Lipinski definition) is 0. The fraction of sp³-hybridized carbons (Fsp3) is 0.429. The van der Waals surface area contributed by atoms with Crippen molar-refractivity contribution in [2.75, 3.05) is 27.2 Å². The average molecular weight is 414 g/mol. The molecular formula is C21H27N5O2S. The van der Waals surface area contributed by atoms with Crippen molar-refractivity contribution in [1.29, 1.82) is 0 Å². The fourth-order valence-corrected chi connectivity index (χ4v) is 5.13. The van der Waals surface area contributed by atoms with E-state index in [-0.39, 0.29) is 6.04 Å². The highest BCUT2D eigenvalue weighted by molar-refractivity contribution is 7.86. The summed E-state index contributed by atoms with van der Waals surface area (Å²) in [6, 6.07) is 14.5. The van der Waals surface area contributed by atoms with E-state index in [1.165, 1.54) is 9.87 Å². The van der Waals surface area contributed by atoms with E-state index in [9.17, 15) is 8.42 Å². The van der Waals surface area contributed by atoms with Gasteiger partial charge in [-0.25, -0.2) is 9.97 Å². The number of imidazole rings is 1. The molecule has 154 valence electrons. The van der Waals surface area contributed by atoms with E-state index in [0.29, 0.717) is 13.1 Å². The maximum Gasteiger partial charge on any atom is 0.281 e. The van der Waals surface area contributed by atoms with Gasteiger partial charge in [-0.1, -0.05) is 30.3 Å². The Labute approximate surface area is 172 Å². The molecule has 0 unspecified atom stereocenters. The Morgan fingerprint density at radius 1 is 1.03 bits per heavy atom. The molecule has 3 aromatic rings. The lowest BCUT2D eigenvalue weighted by Crippen LogP contribution is -2.44. The first-order valence-corrected chi connectivity index (χ1v) is 11.4. The molecule has 0 spiro atoms. The number of rotatable bonds is 6. The van der Waals surface area contributed by atoms with Gasteiger partial charge in [0.1, 0.15) is 11.3 Å². The van der Waals surface area contributed by atoms with Gasteiger partial charge in [0.25, 0.3) is 10.2 Å². The van der Waals surface area contributed by atoms with Crippen molar-refractivity contribution < 1.29 is 8.42 Å². The van der Waals surface area contributed by atoms with Gasteiger partial charge in [-0.05, 0) is 37.0 Å². The molecule has 8 heteroatoms. The van der Waals surface area contributed by atoms with E-state index in [0.717, 1.165) is 42.7 Å². The monoisotopic (exact) mass is 413 g/mol. The van der Waals surface area contributed by atoms with Crippen molar-refractivity contribution in [3.63, 3.8) is 0 Å². The standard InChI is InChI=1S/C21H27N5O2S/c1-24(2)29(27,28)25-15-12-18(13-16-25)26-20(11-10-17-7-4-3-5-8-17)23-19-9-6-14-22-21(19)26/h3-9,14,18H,10-13,15-16H2,1-2H3. The van der Waals surface area contributed by atoms with E-state index in [2.05, 4.69) is 33.8 Å². The Morgan fingerprint density at radius 3 is 2.45 bits per heavy atom. The second-order valence-electron chi connectivity index (χ2n) is 7.65. The summed E-state index contributed by atoms with van der Waals surface area (Å²) in [7, 11) is -0.205. The number of fused-ring (bicyclic) bond motifs is 1. The average Bonchev–Trinajstić information content (AvgIpc) is 3.11. The van der Waals surface area contributed by atoms with Crippen molar-refractivity contribution in [3.8, 4) is 0 Å². The number of pyridine rings is 1. The van der Waals surface area contributed by atoms with Crippen LogP contribution in [0.25, 0.3) is 11.2 Å².